The Labute approximate surface area is 129 Å². The van der Waals surface area contributed by atoms with Crippen LogP contribution in [0.25, 0.3) is 0 Å². The van der Waals surface area contributed by atoms with Crippen LogP contribution in [0.5, 0.6) is 0 Å². The van der Waals surface area contributed by atoms with Gasteiger partial charge in [0.25, 0.3) is 0 Å². The minimum Gasteiger partial charge on any atom is -0.370 e. The summed E-state index contributed by atoms with van der Waals surface area (Å²) in [5.41, 5.74) is 5.09. The molecule has 0 spiro atoms. The lowest BCUT2D eigenvalue weighted by atomic mass is 10.0. The van der Waals surface area contributed by atoms with Crippen LogP contribution in [0.2, 0.25) is 0 Å². The van der Waals surface area contributed by atoms with Gasteiger partial charge in [0.1, 0.15) is 0 Å². The average Bonchev–Trinajstić information content (AvgIpc) is 2.98. The predicted molar refractivity (Wildman–Crippen MR) is 79.7 cm³/mol. The van der Waals surface area contributed by atoms with Crippen molar-refractivity contribution in [1.82, 2.24) is 16.0 Å². The van der Waals surface area contributed by atoms with E-state index in [1.54, 1.807) is 0 Å². The predicted octanol–water partition coefficient (Wildman–Crippen LogP) is -1.42. The summed E-state index contributed by atoms with van der Waals surface area (Å²) in [5.74, 6) is -1.64. The molecule has 1 saturated heterocycles. The van der Waals surface area contributed by atoms with Crippen LogP contribution in [0, 0.1) is 0 Å². The fourth-order valence-corrected chi connectivity index (χ4v) is 2.31. The van der Waals surface area contributed by atoms with Gasteiger partial charge in [-0.2, -0.15) is 0 Å². The number of nitrogens with two attached hydrogens (primary N) is 1. The van der Waals surface area contributed by atoms with Crippen molar-refractivity contribution < 1.29 is 19.2 Å². The molecule has 8 heteroatoms. The molecule has 1 aliphatic rings. The molecule has 0 bridgehead atoms. The highest BCUT2D eigenvalue weighted by atomic mass is 16.2. The lowest BCUT2D eigenvalue weighted by molar-refractivity contribution is -0.131. The molecule has 1 heterocycles. The number of amides is 3. The van der Waals surface area contributed by atoms with Crippen LogP contribution < -0.4 is 21.7 Å². The number of Topliss-reactive ketones (excluding diaryl/α,β-unsaturated/α-hetero) is 1. The summed E-state index contributed by atoms with van der Waals surface area (Å²) in [7, 11) is 0. The van der Waals surface area contributed by atoms with Gasteiger partial charge in [-0.05, 0) is 25.8 Å². The van der Waals surface area contributed by atoms with E-state index in [9.17, 15) is 19.2 Å². The summed E-state index contributed by atoms with van der Waals surface area (Å²) < 4.78 is 0. The Morgan fingerprint density at radius 3 is 2.59 bits per heavy atom. The van der Waals surface area contributed by atoms with Crippen LogP contribution in [0.1, 0.15) is 39.0 Å². The second-order valence-electron chi connectivity index (χ2n) is 5.37. The third-order valence-corrected chi connectivity index (χ3v) is 3.43. The molecule has 0 radical (unpaired) electrons. The van der Waals surface area contributed by atoms with E-state index >= 15 is 0 Å². The SMILES string of the molecule is CCCC(=O)[C@H](CC(N)=O)NC(=O)CNC(=O)[C@@H]1CCCN1. The normalized spacial score (nSPS) is 18.5. The largest absolute Gasteiger partial charge is 0.370 e. The monoisotopic (exact) mass is 312 g/mol. The molecule has 124 valence electrons. The highest BCUT2D eigenvalue weighted by molar-refractivity contribution is 5.94. The van der Waals surface area contributed by atoms with Crippen molar-refractivity contribution in [2.75, 3.05) is 13.1 Å². The Morgan fingerprint density at radius 2 is 2.05 bits per heavy atom. The van der Waals surface area contributed by atoms with E-state index in [1.807, 2.05) is 6.92 Å². The first kappa shape index (κ1) is 18.1. The number of ketones is 1. The molecule has 1 aliphatic heterocycles. The molecule has 1 fully saturated rings. The van der Waals surface area contributed by atoms with Crippen LogP contribution >= 0.6 is 0 Å². The molecule has 0 saturated carbocycles. The minimum atomic E-state index is -0.925. The summed E-state index contributed by atoms with van der Waals surface area (Å²) >= 11 is 0. The maximum atomic E-state index is 11.8. The van der Waals surface area contributed by atoms with E-state index in [4.69, 9.17) is 5.73 Å². The van der Waals surface area contributed by atoms with E-state index in [0.29, 0.717) is 6.42 Å². The smallest absolute Gasteiger partial charge is 0.239 e. The van der Waals surface area contributed by atoms with Gasteiger partial charge in [-0.15, -0.1) is 0 Å². The fraction of sp³-hybridized carbons (Fsp3) is 0.714. The molecule has 0 aromatic rings. The summed E-state index contributed by atoms with van der Waals surface area (Å²) in [6, 6.07) is -1.19. The van der Waals surface area contributed by atoms with Gasteiger partial charge < -0.3 is 21.7 Å². The van der Waals surface area contributed by atoms with Crippen LogP contribution in [0.15, 0.2) is 0 Å². The maximum absolute atomic E-state index is 11.8. The maximum Gasteiger partial charge on any atom is 0.239 e. The number of carbonyl (C=O) groups is 4. The van der Waals surface area contributed by atoms with Crippen molar-refractivity contribution in [3.05, 3.63) is 0 Å². The molecule has 0 aliphatic carbocycles. The lowest BCUT2D eigenvalue weighted by Gasteiger charge is -2.17. The number of nitrogens with one attached hydrogen (secondary N) is 3. The van der Waals surface area contributed by atoms with E-state index < -0.39 is 17.9 Å². The molecule has 3 amide bonds. The first-order valence-electron chi connectivity index (χ1n) is 7.55. The Kier molecular flexibility index (Phi) is 7.51. The summed E-state index contributed by atoms with van der Waals surface area (Å²) in [6.07, 6.45) is 2.32. The van der Waals surface area contributed by atoms with Crippen molar-refractivity contribution in [1.29, 1.82) is 0 Å². The Bertz CT molecular complexity index is 433. The van der Waals surface area contributed by atoms with Crippen molar-refractivity contribution >= 4 is 23.5 Å². The summed E-state index contributed by atoms with van der Waals surface area (Å²) in [5, 5.41) is 7.99. The number of rotatable bonds is 9. The van der Waals surface area contributed by atoms with Crippen LogP contribution in [-0.4, -0.2) is 48.7 Å². The quantitative estimate of drug-likeness (QED) is 0.415. The molecular weight excluding hydrogens is 288 g/mol. The minimum absolute atomic E-state index is 0.230. The van der Waals surface area contributed by atoms with Gasteiger partial charge in [-0.3, -0.25) is 19.2 Å². The topological polar surface area (TPSA) is 130 Å². The van der Waals surface area contributed by atoms with Crippen LogP contribution in [0.3, 0.4) is 0 Å². The van der Waals surface area contributed by atoms with Crippen molar-refractivity contribution in [2.45, 2.75) is 51.1 Å². The van der Waals surface area contributed by atoms with E-state index in [1.165, 1.54) is 0 Å². The molecule has 1 rings (SSSR count). The Morgan fingerprint density at radius 1 is 1.32 bits per heavy atom. The molecule has 8 nitrogen and oxygen atoms in total. The highest BCUT2D eigenvalue weighted by Gasteiger charge is 2.24. The Hall–Kier alpha value is -1.96. The number of primary amides is 1. The van der Waals surface area contributed by atoms with E-state index in [-0.39, 0.29) is 37.1 Å². The number of carbonyl (C=O) groups excluding carboxylic acids is 4. The molecule has 0 unspecified atom stereocenters. The second kappa shape index (κ2) is 9.14. The second-order valence-corrected chi connectivity index (χ2v) is 5.37. The molecule has 5 N–H and O–H groups in total. The first-order chi connectivity index (χ1) is 10.4. The Balaban J connectivity index is 2.42. The van der Waals surface area contributed by atoms with Crippen molar-refractivity contribution in [3.8, 4) is 0 Å². The standard InChI is InChI=1S/C14H24N4O4/c1-2-4-11(19)10(7-12(15)20)18-13(21)8-17-14(22)9-5-3-6-16-9/h9-10,16H,2-8H2,1H3,(H2,15,20)(H,17,22)(H,18,21)/t9-,10-/m0/s1. The third-order valence-electron chi connectivity index (χ3n) is 3.43. The molecular formula is C14H24N4O4. The van der Waals surface area contributed by atoms with Crippen LogP contribution in [0.4, 0.5) is 0 Å². The van der Waals surface area contributed by atoms with Gasteiger partial charge >= 0.3 is 0 Å². The van der Waals surface area contributed by atoms with Crippen molar-refractivity contribution in [2.24, 2.45) is 5.73 Å². The van der Waals surface area contributed by atoms with Gasteiger partial charge in [0.05, 0.1) is 25.0 Å². The van der Waals surface area contributed by atoms with E-state index in [2.05, 4.69) is 16.0 Å². The zero-order valence-electron chi connectivity index (χ0n) is 12.8. The van der Waals surface area contributed by atoms with Gasteiger partial charge in [0.15, 0.2) is 5.78 Å². The molecule has 22 heavy (non-hydrogen) atoms. The third kappa shape index (κ3) is 6.21. The molecule has 2 atom stereocenters. The van der Waals surface area contributed by atoms with Crippen LogP contribution in [-0.2, 0) is 19.2 Å². The number of hydrogen-bond acceptors (Lipinski definition) is 5. The number of hydrogen-bond donors (Lipinski definition) is 4. The zero-order valence-corrected chi connectivity index (χ0v) is 12.8. The summed E-state index contributed by atoms with van der Waals surface area (Å²) in [6.45, 7) is 2.39. The van der Waals surface area contributed by atoms with Gasteiger partial charge in [0, 0.05) is 6.42 Å². The first-order valence-corrected chi connectivity index (χ1v) is 7.55. The van der Waals surface area contributed by atoms with Crippen molar-refractivity contribution in [3.63, 3.8) is 0 Å². The lowest BCUT2D eigenvalue weighted by Crippen LogP contribution is -2.49. The molecule has 0 aromatic carbocycles. The fourth-order valence-electron chi connectivity index (χ4n) is 2.31. The van der Waals surface area contributed by atoms with Gasteiger partial charge in [0.2, 0.25) is 17.7 Å². The van der Waals surface area contributed by atoms with Gasteiger partial charge in [-0.1, -0.05) is 6.92 Å². The van der Waals surface area contributed by atoms with Gasteiger partial charge in [-0.25, -0.2) is 0 Å². The summed E-state index contributed by atoms with van der Waals surface area (Å²) in [4.78, 5) is 46.4. The zero-order chi connectivity index (χ0) is 16.5. The highest BCUT2D eigenvalue weighted by Crippen LogP contribution is 2.04. The average molecular weight is 312 g/mol. The molecule has 0 aromatic heterocycles. The van der Waals surface area contributed by atoms with E-state index in [0.717, 1.165) is 19.4 Å².